The summed E-state index contributed by atoms with van der Waals surface area (Å²) in [5.41, 5.74) is 2.54. The first-order chi connectivity index (χ1) is 13.3. The van der Waals surface area contributed by atoms with Crippen LogP contribution in [-0.4, -0.2) is 47.1 Å². The van der Waals surface area contributed by atoms with Gasteiger partial charge in [0.25, 0.3) is 0 Å². The van der Waals surface area contributed by atoms with Crippen molar-refractivity contribution in [3.05, 3.63) is 63.6 Å². The van der Waals surface area contributed by atoms with Gasteiger partial charge in [-0.15, -0.1) is 0 Å². The van der Waals surface area contributed by atoms with Crippen molar-refractivity contribution < 1.29 is 5.11 Å². The standard InChI is InChI=1S/C23H28Cl2N2O/c1-16-13-27-9-8-26(14-17-6-7-21(24)22(25)10-17)15-19(27)12-23(16,2)18-4-3-5-20(28)11-18/h3-7,10-11,16,19,28H,8-9,12-15H2,1-2H3. The molecule has 0 radical (unpaired) electrons. The van der Waals surface area contributed by atoms with E-state index in [1.54, 1.807) is 6.07 Å². The smallest absolute Gasteiger partial charge is 0.115 e. The molecule has 3 nitrogen and oxygen atoms in total. The fraction of sp³-hybridized carbons (Fsp3) is 0.478. The van der Waals surface area contributed by atoms with Crippen LogP contribution in [0.4, 0.5) is 0 Å². The van der Waals surface area contributed by atoms with E-state index in [-0.39, 0.29) is 5.41 Å². The Labute approximate surface area is 177 Å². The lowest BCUT2D eigenvalue weighted by molar-refractivity contribution is -0.00557. The molecule has 0 aliphatic carbocycles. The number of rotatable bonds is 3. The van der Waals surface area contributed by atoms with Crippen LogP contribution in [0.3, 0.4) is 0 Å². The van der Waals surface area contributed by atoms with Crippen molar-refractivity contribution in [2.75, 3.05) is 26.2 Å². The monoisotopic (exact) mass is 418 g/mol. The Morgan fingerprint density at radius 2 is 1.89 bits per heavy atom. The van der Waals surface area contributed by atoms with Crippen LogP contribution in [0.5, 0.6) is 5.75 Å². The van der Waals surface area contributed by atoms with Crippen LogP contribution < -0.4 is 0 Å². The van der Waals surface area contributed by atoms with Crippen LogP contribution >= 0.6 is 23.2 Å². The molecule has 4 rings (SSSR count). The van der Waals surface area contributed by atoms with Gasteiger partial charge in [0, 0.05) is 38.8 Å². The molecule has 0 saturated carbocycles. The molecule has 2 aromatic carbocycles. The summed E-state index contributed by atoms with van der Waals surface area (Å²) >= 11 is 12.3. The molecule has 5 heteroatoms. The Bertz CT molecular complexity index is 858. The molecule has 2 aliphatic rings. The van der Waals surface area contributed by atoms with Crippen molar-refractivity contribution in [2.24, 2.45) is 5.92 Å². The van der Waals surface area contributed by atoms with Crippen molar-refractivity contribution in [3.8, 4) is 5.75 Å². The van der Waals surface area contributed by atoms with Gasteiger partial charge in [-0.25, -0.2) is 0 Å². The van der Waals surface area contributed by atoms with Crippen LogP contribution in [0.25, 0.3) is 0 Å². The van der Waals surface area contributed by atoms with Gasteiger partial charge in [0.05, 0.1) is 10.0 Å². The molecule has 2 saturated heterocycles. The minimum absolute atomic E-state index is 0.0759. The van der Waals surface area contributed by atoms with Gasteiger partial charge in [0.2, 0.25) is 0 Å². The maximum Gasteiger partial charge on any atom is 0.115 e. The molecule has 28 heavy (non-hydrogen) atoms. The summed E-state index contributed by atoms with van der Waals surface area (Å²) < 4.78 is 0. The molecule has 3 unspecified atom stereocenters. The summed E-state index contributed by atoms with van der Waals surface area (Å²) in [7, 11) is 0. The van der Waals surface area contributed by atoms with Crippen molar-refractivity contribution >= 4 is 23.2 Å². The highest BCUT2D eigenvalue weighted by Gasteiger charge is 2.44. The number of piperidine rings is 1. The number of aromatic hydroxyl groups is 1. The number of piperazine rings is 1. The highest BCUT2D eigenvalue weighted by molar-refractivity contribution is 6.42. The minimum atomic E-state index is 0.0759. The lowest BCUT2D eigenvalue weighted by Gasteiger charge is -2.53. The van der Waals surface area contributed by atoms with Crippen molar-refractivity contribution in [3.63, 3.8) is 0 Å². The zero-order chi connectivity index (χ0) is 19.9. The second-order valence-corrected chi connectivity index (χ2v) is 9.52. The Morgan fingerprint density at radius 1 is 1.07 bits per heavy atom. The average Bonchev–Trinajstić information content (AvgIpc) is 2.66. The third kappa shape index (κ3) is 3.91. The number of hydrogen-bond acceptors (Lipinski definition) is 3. The summed E-state index contributed by atoms with van der Waals surface area (Å²) in [5.74, 6) is 0.908. The van der Waals surface area contributed by atoms with Crippen molar-refractivity contribution in [1.82, 2.24) is 9.80 Å². The first kappa shape index (κ1) is 20.0. The molecule has 0 bridgehead atoms. The van der Waals surface area contributed by atoms with Crippen LogP contribution in [0, 0.1) is 5.92 Å². The van der Waals surface area contributed by atoms with E-state index in [4.69, 9.17) is 23.2 Å². The second kappa shape index (κ2) is 7.87. The van der Waals surface area contributed by atoms with E-state index in [9.17, 15) is 5.11 Å². The fourth-order valence-electron chi connectivity index (χ4n) is 4.94. The van der Waals surface area contributed by atoms with Gasteiger partial charge in [-0.05, 0) is 53.1 Å². The maximum absolute atomic E-state index is 9.99. The van der Waals surface area contributed by atoms with E-state index in [1.807, 2.05) is 24.3 Å². The number of phenolic OH excluding ortho intramolecular Hbond substituents is 1. The van der Waals surface area contributed by atoms with E-state index >= 15 is 0 Å². The largest absolute Gasteiger partial charge is 0.508 e. The number of fused-ring (bicyclic) bond motifs is 1. The molecule has 0 amide bonds. The zero-order valence-electron chi connectivity index (χ0n) is 16.5. The third-order valence-electron chi connectivity index (χ3n) is 6.84. The van der Waals surface area contributed by atoms with E-state index < -0.39 is 0 Å². The Balaban J connectivity index is 1.49. The molecule has 0 aromatic heterocycles. The SMILES string of the molecule is CC1CN2CCN(Cc3ccc(Cl)c(Cl)c3)CC2CC1(C)c1cccc(O)c1. The predicted octanol–water partition coefficient (Wildman–Crippen LogP) is 5.18. The lowest BCUT2D eigenvalue weighted by atomic mass is 9.65. The van der Waals surface area contributed by atoms with E-state index in [1.165, 1.54) is 11.1 Å². The highest BCUT2D eigenvalue weighted by Crippen LogP contribution is 2.43. The molecule has 0 spiro atoms. The summed E-state index contributed by atoms with van der Waals surface area (Å²) in [6.45, 7) is 9.96. The first-order valence-electron chi connectivity index (χ1n) is 10.0. The Hall–Kier alpha value is -1.26. The molecule has 3 atom stereocenters. The van der Waals surface area contributed by atoms with Gasteiger partial charge < -0.3 is 5.11 Å². The molecule has 150 valence electrons. The predicted molar refractivity (Wildman–Crippen MR) is 116 cm³/mol. The molecule has 2 heterocycles. The number of nitrogens with zero attached hydrogens (tertiary/aromatic N) is 2. The Kier molecular flexibility index (Phi) is 5.63. The first-order valence-corrected chi connectivity index (χ1v) is 10.8. The fourth-order valence-corrected chi connectivity index (χ4v) is 5.26. The van der Waals surface area contributed by atoms with Gasteiger partial charge in [0.1, 0.15) is 5.75 Å². The van der Waals surface area contributed by atoms with Gasteiger partial charge in [-0.2, -0.15) is 0 Å². The van der Waals surface area contributed by atoms with Gasteiger partial charge >= 0.3 is 0 Å². The molecular formula is C23H28Cl2N2O. The molecule has 2 fully saturated rings. The Morgan fingerprint density at radius 3 is 2.64 bits per heavy atom. The van der Waals surface area contributed by atoms with Crippen LogP contribution in [0.1, 0.15) is 31.4 Å². The van der Waals surface area contributed by atoms with E-state index in [0.29, 0.717) is 27.8 Å². The summed E-state index contributed by atoms with van der Waals surface area (Å²) in [6.07, 6.45) is 1.11. The minimum Gasteiger partial charge on any atom is -0.508 e. The highest BCUT2D eigenvalue weighted by atomic mass is 35.5. The lowest BCUT2D eigenvalue weighted by Crippen LogP contribution is -2.60. The van der Waals surface area contributed by atoms with E-state index in [2.05, 4.69) is 35.8 Å². The van der Waals surface area contributed by atoms with E-state index in [0.717, 1.165) is 39.1 Å². The van der Waals surface area contributed by atoms with Crippen LogP contribution in [0.2, 0.25) is 10.0 Å². The second-order valence-electron chi connectivity index (χ2n) is 8.71. The zero-order valence-corrected chi connectivity index (χ0v) is 18.0. The number of benzene rings is 2. The van der Waals surface area contributed by atoms with Gasteiger partial charge in [-0.3, -0.25) is 9.80 Å². The van der Waals surface area contributed by atoms with Crippen LogP contribution in [0.15, 0.2) is 42.5 Å². The topological polar surface area (TPSA) is 26.7 Å². The van der Waals surface area contributed by atoms with Crippen molar-refractivity contribution in [2.45, 2.75) is 38.3 Å². The molecule has 2 aromatic rings. The molecular weight excluding hydrogens is 391 g/mol. The maximum atomic E-state index is 9.99. The average molecular weight is 419 g/mol. The summed E-state index contributed by atoms with van der Waals surface area (Å²) in [6, 6.07) is 14.3. The van der Waals surface area contributed by atoms with Gasteiger partial charge in [0.15, 0.2) is 0 Å². The normalized spacial score (nSPS) is 28.9. The molecule has 1 N–H and O–H groups in total. The van der Waals surface area contributed by atoms with Crippen molar-refractivity contribution in [1.29, 1.82) is 0 Å². The number of phenols is 1. The quantitative estimate of drug-likeness (QED) is 0.743. The molecule has 2 aliphatic heterocycles. The number of halogens is 2. The number of hydrogen-bond donors (Lipinski definition) is 1. The summed E-state index contributed by atoms with van der Waals surface area (Å²) in [5, 5.41) is 11.2. The van der Waals surface area contributed by atoms with Gasteiger partial charge in [-0.1, -0.05) is 55.2 Å². The summed E-state index contributed by atoms with van der Waals surface area (Å²) in [4.78, 5) is 5.18. The third-order valence-corrected chi connectivity index (χ3v) is 7.58. The van der Waals surface area contributed by atoms with Crippen LogP contribution in [-0.2, 0) is 12.0 Å².